The molecule has 2 N–H and O–H groups in total. The lowest BCUT2D eigenvalue weighted by Crippen LogP contribution is -2.35. The summed E-state index contributed by atoms with van der Waals surface area (Å²) in [5, 5.41) is 5.10. The molecule has 0 atom stereocenters. The molecule has 148 valence electrons. The van der Waals surface area contributed by atoms with Gasteiger partial charge in [0.15, 0.2) is 17.5 Å². The zero-order valence-electron chi connectivity index (χ0n) is 15.1. The molecular weight excluding hydrogens is 371 g/mol. The van der Waals surface area contributed by atoms with Gasteiger partial charge in [0, 0.05) is 17.8 Å². The molecule has 0 saturated heterocycles. The average Bonchev–Trinajstić information content (AvgIpc) is 2.97. The molecule has 3 rings (SSSR count). The Kier molecular flexibility index (Phi) is 6.28. The van der Waals surface area contributed by atoms with Gasteiger partial charge in [-0.15, -0.1) is 0 Å². The van der Waals surface area contributed by atoms with Gasteiger partial charge in [-0.1, -0.05) is 25.7 Å². The van der Waals surface area contributed by atoms with E-state index in [4.69, 9.17) is 0 Å². The maximum absolute atomic E-state index is 13.7. The third-order valence-electron chi connectivity index (χ3n) is 4.73. The number of amides is 2. The first-order valence-corrected chi connectivity index (χ1v) is 9.17. The fraction of sp³-hybridized carbons (Fsp3) is 0.350. The summed E-state index contributed by atoms with van der Waals surface area (Å²) in [7, 11) is 0. The van der Waals surface area contributed by atoms with Crippen LogP contribution in [-0.4, -0.2) is 22.8 Å². The number of rotatable bonds is 4. The maximum Gasteiger partial charge on any atom is 0.270 e. The van der Waals surface area contributed by atoms with Crippen molar-refractivity contribution in [1.82, 2.24) is 10.3 Å². The Hall–Kier alpha value is -2.90. The summed E-state index contributed by atoms with van der Waals surface area (Å²) >= 11 is 0. The Morgan fingerprint density at radius 2 is 1.64 bits per heavy atom. The molecule has 1 aromatic carbocycles. The van der Waals surface area contributed by atoms with Crippen LogP contribution in [0.1, 0.15) is 59.4 Å². The Morgan fingerprint density at radius 1 is 0.929 bits per heavy atom. The molecule has 1 heterocycles. The Balaban J connectivity index is 1.70. The lowest BCUT2D eigenvalue weighted by molar-refractivity contribution is 0.0928. The van der Waals surface area contributed by atoms with E-state index in [0.29, 0.717) is 6.07 Å². The first kappa shape index (κ1) is 19.9. The number of aromatic nitrogens is 1. The van der Waals surface area contributed by atoms with Crippen LogP contribution < -0.4 is 10.6 Å². The van der Waals surface area contributed by atoms with E-state index in [9.17, 15) is 22.8 Å². The van der Waals surface area contributed by atoms with Gasteiger partial charge in [-0.3, -0.25) is 14.6 Å². The van der Waals surface area contributed by atoms with Gasteiger partial charge in [0.25, 0.3) is 11.8 Å². The minimum Gasteiger partial charge on any atom is -0.348 e. The number of benzene rings is 1. The van der Waals surface area contributed by atoms with Crippen LogP contribution in [0, 0.1) is 17.5 Å². The largest absolute Gasteiger partial charge is 0.348 e. The Bertz CT molecular complexity index is 881. The third-order valence-corrected chi connectivity index (χ3v) is 4.73. The summed E-state index contributed by atoms with van der Waals surface area (Å²) in [5.74, 6) is -5.67. The number of pyridine rings is 1. The van der Waals surface area contributed by atoms with Crippen molar-refractivity contribution in [2.45, 2.75) is 44.6 Å². The van der Waals surface area contributed by atoms with E-state index >= 15 is 0 Å². The standard InChI is InChI=1S/C20H20F3N3O2/c21-14-7-8-15(18(23)17(14)22)26-19(27)12-9-10-24-16(11-12)20(28)25-13-5-3-1-2-4-6-13/h7-11,13H,1-6H2,(H,25,28)(H,26,27). The topological polar surface area (TPSA) is 71.1 Å². The molecule has 0 spiro atoms. The minimum atomic E-state index is -1.67. The van der Waals surface area contributed by atoms with E-state index in [1.54, 1.807) is 0 Å². The molecule has 1 aromatic heterocycles. The van der Waals surface area contributed by atoms with Gasteiger partial charge in [-0.05, 0) is 37.1 Å². The highest BCUT2D eigenvalue weighted by Gasteiger charge is 2.19. The average molecular weight is 391 g/mol. The molecule has 0 bridgehead atoms. The number of hydrogen-bond donors (Lipinski definition) is 2. The van der Waals surface area contributed by atoms with E-state index < -0.39 is 29.0 Å². The smallest absolute Gasteiger partial charge is 0.270 e. The minimum absolute atomic E-state index is 0.0464. The summed E-state index contributed by atoms with van der Waals surface area (Å²) in [5.41, 5.74) is -0.391. The highest BCUT2D eigenvalue weighted by atomic mass is 19.2. The zero-order valence-corrected chi connectivity index (χ0v) is 15.1. The molecular formula is C20H20F3N3O2. The lowest BCUT2D eigenvalue weighted by Gasteiger charge is -2.16. The molecule has 1 aliphatic carbocycles. The van der Waals surface area contributed by atoms with Gasteiger partial charge in [-0.2, -0.15) is 0 Å². The summed E-state index contributed by atoms with van der Waals surface area (Å²) < 4.78 is 40.0. The second-order valence-corrected chi connectivity index (χ2v) is 6.77. The molecule has 1 aliphatic rings. The summed E-state index contributed by atoms with van der Waals surface area (Å²) in [4.78, 5) is 28.7. The van der Waals surface area contributed by atoms with Crippen molar-refractivity contribution < 1.29 is 22.8 Å². The second-order valence-electron chi connectivity index (χ2n) is 6.77. The Labute approximate surface area is 160 Å². The molecule has 8 heteroatoms. The number of carbonyl (C=O) groups is 2. The van der Waals surface area contributed by atoms with Crippen LogP contribution in [0.15, 0.2) is 30.5 Å². The molecule has 0 aliphatic heterocycles. The van der Waals surface area contributed by atoms with Crippen molar-refractivity contribution in [3.05, 3.63) is 59.2 Å². The van der Waals surface area contributed by atoms with Gasteiger partial charge < -0.3 is 10.6 Å². The molecule has 2 aromatic rings. The van der Waals surface area contributed by atoms with Crippen molar-refractivity contribution in [2.75, 3.05) is 5.32 Å². The third kappa shape index (κ3) is 4.68. The SMILES string of the molecule is O=C(Nc1ccc(F)c(F)c1F)c1ccnc(C(=O)NC2CCCCCC2)c1. The fourth-order valence-corrected chi connectivity index (χ4v) is 3.20. The number of carbonyl (C=O) groups excluding carboxylic acids is 2. The normalized spacial score (nSPS) is 15.0. The molecule has 1 saturated carbocycles. The predicted molar refractivity (Wildman–Crippen MR) is 97.5 cm³/mol. The second kappa shape index (κ2) is 8.86. The van der Waals surface area contributed by atoms with Gasteiger partial charge in [0.1, 0.15) is 5.69 Å². The predicted octanol–water partition coefficient (Wildman–Crippen LogP) is 4.20. The van der Waals surface area contributed by atoms with Crippen LogP contribution in [0.4, 0.5) is 18.9 Å². The number of nitrogens with zero attached hydrogens (tertiary/aromatic N) is 1. The van der Waals surface area contributed by atoms with Crippen LogP contribution in [0.25, 0.3) is 0 Å². The number of halogens is 3. The summed E-state index contributed by atoms with van der Waals surface area (Å²) in [6.45, 7) is 0. The van der Waals surface area contributed by atoms with Crippen LogP contribution in [-0.2, 0) is 0 Å². The number of anilines is 1. The van der Waals surface area contributed by atoms with Crippen LogP contribution >= 0.6 is 0 Å². The fourth-order valence-electron chi connectivity index (χ4n) is 3.20. The molecule has 2 amide bonds. The van der Waals surface area contributed by atoms with Crippen molar-refractivity contribution in [2.24, 2.45) is 0 Å². The van der Waals surface area contributed by atoms with E-state index in [2.05, 4.69) is 15.6 Å². The Morgan fingerprint density at radius 3 is 2.36 bits per heavy atom. The zero-order chi connectivity index (χ0) is 20.1. The van der Waals surface area contributed by atoms with Gasteiger partial charge in [0.05, 0.1) is 5.69 Å². The molecule has 28 heavy (non-hydrogen) atoms. The molecule has 0 radical (unpaired) electrons. The maximum atomic E-state index is 13.7. The molecule has 1 fully saturated rings. The highest BCUT2D eigenvalue weighted by Crippen LogP contribution is 2.21. The lowest BCUT2D eigenvalue weighted by atomic mass is 10.1. The summed E-state index contributed by atoms with van der Waals surface area (Å²) in [6.07, 6.45) is 7.52. The van der Waals surface area contributed by atoms with Gasteiger partial charge in [-0.25, -0.2) is 13.2 Å². The van der Waals surface area contributed by atoms with Crippen LogP contribution in [0.5, 0.6) is 0 Å². The van der Waals surface area contributed by atoms with Crippen molar-refractivity contribution in [3.63, 3.8) is 0 Å². The van der Waals surface area contributed by atoms with E-state index in [-0.39, 0.29) is 23.2 Å². The van der Waals surface area contributed by atoms with Crippen molar-refractivity contribution >= 4 is 17.5 Å². The molecule has 5 nitrogen and oxygen atoms in total. The first-order valence-electron chi connectivity index (χ1n) is 9.17. The van der Waals surface area contributed by atoms with Crippen LogP contribution in [0.2, 0.25) is 0 Å². The monoisotopic (exact) mass is 391 g/mol. The van der Waals surface area contributed by atoms with Crippen LogP contribution in [0.3, 0.4) is 0 Å². The number of hydrogen-bond acceptors (Lipinski definition) is 3. The van der Waals surface area contributed by atoms with Gasteiger partial charge in [0.2, 0.25) is 0 Å². The van der Waals surface area contributed by atoms with E-state index in [1.165, 1.54) is 18.3 Å². The quantitative estimate of drug-likeness (QED) is 0.606. The van der Waals surface area contributed by atoms with Crippen molar-refractivity contribution in [3.8, 4) is 0 Å². The highest BCUT2D eigenvalue weighted by molar-refractivity contribution is 6.05. The first-order chi connectivity index (χ1) is 13.5. The number of nitrogens with one attached hydrogen (secondary N) is 2. The van der Waals surface area contributed by atoms with E-state index in [1.807, 2.05) is 0 Å². The van der Waals surface area contributed by atoms with Gasteiger partial charge >= 0.3 is 0 Å². The summed E-state index contributed by atoms with van der Waals surface area (Å²) in [6, 6.07) is 4.33. The van der Waals surface area contributed by atoms with Crippen molar-refractivity contribution in [1.29, 1.82) is 0 Å². The van der Waals surface area contributed by atoms with E-state index in [0.717, 1.165) is 44.6 Å². The molecule has 0 unspecified atom stereocenters.